The van der Waals surface area contributed by atoms with Gasteiger partial charge in [0.05, 0.1) is 7.05 Å². The summed E-state index contributed by atoms with van der Waals surface area (Å²) >= 11 is 6.34. The van der Waals surface area contributed by atoms with E-state index in [1.165, 1.54) is 4.80 Å². The molecule has 0 aliphatic carbocycles. The molecule has 1 aromatic carbocycles. The Morgan fingerprint density at radius 3 is 2.83 bits per heavy atom. The normalized spacial score (nSPS) is 12.7. The lowest BCUT2D eigenvalue weighted by atomic mass is 10.0. The highest BCUT2D eigenvalue weighted by atomic mass is 35.5. The quantitative estimate of drug-likeness (QED) is 0.914. The maximum absolute atomic E-state index is 6.34. The molecule has 1 N–H and O–H groups in total. The molecule has 0 aliphatic rings. The minimum atomic E-state index is 0.0848. The summed E-state index contributed by atoms with van der Waals surface area (Å²) in [6.45, 7) is 2.00. The van der Waals surface area contributed by atoms with Gasteiger partial charge < -0.3 is 5.32 Å². The number of nitrogens with one attached hydrogen (secondary N) is 1. The largest absolute Gasteiger partial charge is 0.313 e. The van der Waals surface area contributed by atoms with Crippen molar-refractivity contribution in [2.45, 2.75) is 19.4 Å². The van der Waals surface area contributed by atoms with E-state index in [1.54, 1.807) is 7.05 Å². The predicted molar refractivity (Wildman–Crippen MR) is 70.5 cm³/mol. The van der Waals surface area contributed by atoms with E-state index in [-0.39, 0.29) is 6.04 Å². The van der Waals surface area contributed by atoms with Crippen molar-refractivity contribution in [3.63, 3.8) is 0 Å². The number of aromatic nitrogens is 4. The molecule has 0 bridgehead atoms. The van der Waals surface area contributed by atoms with Crippen molar-refractivity contribution in [3.05, 3.63) is 40.2 Å². The minimum Gasteiger partial charge on any atom is -0.313 e. The first-order valence-corrected chi connectivity index (χ1v) is 6.14. The molecule has 1 unspecified atom stereocenters. The second-order valence-corrected chi connectivity index (χ2v) is 4.60. The van der Waals surface area contributed by atoms with Gasteiger partial charge in [0.25, 0.3) is 0 Å². The molecule has 96 valence electrons. The number of nitrogens with zero attached hydrogens (tertiary/aromatic N) is 4. The Labute approximate surface area is 111 Å². The third-order valence-electron chi connectivity index (χ3n) is 2.88. The monoisotopic (exact) mass is 265 g/mol. The van der Waals surface area contributed by atoms with Crippen LogP contribution in [0.3, 0.4) is 0 Å². The standard InChI is InChI=1S/C12H16ClN5/c1-8-5-4-6-9(12(8)13)10(14-2)7-11-15-17-18(3)16-11/h4-6,10,14H,7H2,1-3H3. The van der Waals surface area contributed by atoms with E-state index in [4.69, 9.17) is 11.6 Å². The molecular weight excluding hydrogens is 250 g/mol. The average Bonchev–Trinajstić information content (AvgIpc) is 2.76. The number of aryl methyl sites for hydroxylation is 2. The van der Waals surface area contributed by atoms with E-state index in [9.17, 15) is 0 Å². The number of hydrogen-bond acceptors (Lipinski definition) is 4. The van der Waals surface area contributed by atoms with Gasteiger partial charge in [-0.25, -0.2) is 0 Å². The number of likely N-dealkylation sites (N-methyl/N-ethyl adjacent to an activating group) is 1. The molecule has 0 amide bonds. The predicted octanol–water partition coefficient (Wildman–Crippen LogP) is 1.68. The summed E-state index contributed by atoms with van der Waals surface area (Å²) in [7, 11) is 3.66. The van der Waals surface area contributed by atoms with Crippen LogP contribution >= 0.6 is 11.6 Å². The SMILES string of the molecule is CNC(Cc1nnn(C)n1)c1cccc(C)c1Cl. The Morgan fingerprint density at radius 2 is 2.22 bits per heavy atom. The van der Waals surface area contributed by atoms with Crippen molar-refractivity contribution in [2.75, 3.05) is 7.05 Å². The molecule has 18 heavy (non-hydrogen) atoms. The molecule has 6 heteroatoms. The molecule has 1 aromatic heterocycles. The summed E-state index contributed by atoms with van der Waals surface area (Å²) in [5, 5.41) is 16.1. The first kappa shape index (κ1) is 13.0. The zero-order chi connectivity index (χ0) is 13.1. The van der Waals surface area contributed by atoms with Crippen LogP contribution < -0.4 is 5.32 Å². The first-order chi connectivity index (χ1) is 8.61. The molecule has 0 saturated carbocycles. The third-order valence-corrected chi connectivity index (χ3v) is 3.40. The Kier molecular flexibility index (Phi) is 3.93. The van der Waals surface area contributed by atoms with Gasteiger partial charge in [-0.05, 0) is 30.3 Å². The van der Waals surface area contributed by atoms with Crippen LogP contribution in [0.15, 0.2) is 18.2 Å². The van der Waals surface area contributed by atoms with Crippen LogP contribution in [-0.2, 0) is 13.5 Å². The fraction of sp³-hybridized carbons (Fsp3) is 0.417. The average molecular weight is 266 g/mol. The van der Waals surface area contributed by atoms with Gasteiger partial charge >= 0.3 is 0 Å². The van der Waals surface area contributed by atoms with Crippen LogP contribution in [0.2, 0.25) is 5.02 Å². The van der Waals surface area contributed by atoms with Gasteiger partial charge in [-0.15, -0.1) is 10.2 Å². The molecule has 1 heterocycles. The minimum absolute atomic E-state index is 0.0848. The van der Waals surface area contributed by atoms with E-state index in [2.05, 4.69) is 20.7 Å². The lowest BCUT2D eigenvalue weighted by Crippen LogP contribution is -2.20. The molecule has 1 atom stereocenters. The molecule has 2 rings (SSSR count). The van der Waals surface area contributed by atoms with Crippen LogP contribution in [0.1, 0.15) is 23.0 Å². The van der Waals surface area contributed by atoms with Gasteiger partial charge in [0, 0.05) is 17.5 Å². The number of halogens is 1. The molecular formula is C12H16ClN5. The van der Waals surface area contributed by atoms with Gasteiger partial charge in [-0.2, -0.15) is 4.80 Å². The maximum Gasteiger partial charge on any atom is 0.176 e. The summed E-state index contributed by atoms with van der Waals surface area (Å²) in [5.74, 6) is 0.703. The summed E-state index contributed by atoms with van der Waals surface area (Å²) in [4.78, 5) is 1.46. The number of benzene rings is 1. The zero-order valence-corrected chi connectivity index (χ0v) is 11.4. The lowest BCUT2D eigenvalue weighted by molar-refractivity contribution is 0.570. The van der Waals surface area contributed by atoms with E-state index >= 15 is 0 Å². The number of tetrazole rings is 1. The third kappa shape index (κ3) is 2.68. The lowest BCUT2D eigenvalue weighted by Gasteiger charge is -2.17. The zero-order valence-electron chi connectivity index (χ0n) is 10.7. The highest BCUT2D eigenvalue weighted by molar-refractivity contribution is 6.32. The van der Waals surface area contributed by atoms with Crippen LogP contribution in [0.25, 0.3) is 0 Å². The second kappa shape index (κ2) is 5.46. The Balaban J connectivity index is 2.25. The van der Waals surface area contributed by atoms with Crippen molar-refractivity contribution in [3.8, 4) is 0 Å². The molecule has 2 aromatic rings. The first-order valence-electron chi connectivity index (χ1n) is 5.77. The number of rotatable bonds is 4. The fourth-order valence-corrected chi connectivity index (χ4v) is 2.15. The molecule has 0 aliphatic heterocycles. The van der Waals surface area contributed by atoms with Gasteiger partial charge in [-0.1, -0.05) is 29.8 Å². The van der Waals surface area contributed by atoms with Gasteiger partial charge in [0.2, 0.25) is 0 Å². The molecule has 0 fully saturated rings. The van der Waals surface area contributed by atoms with E-state index in [1.807, 2.05) is 32.2 Å². The Hall–Kier alpha value is -1.46. The van der Waals surface area contributed by atoms with E-state index < -0.39 is 0 Å². The number of hydrogen-bond donors (Lipinski definition) is 1. The van der Waals surface area contributed by atoms with Crippen molar-refractivity contribution in [1.82, 2.24) is 25.5 Å². The van der Waals surface area contributed by atoms with Crippen LogP contribution in [0, 0.1) is 6.92 Å². The highest BCUT2D eigenvalue weighted by Gasteiger charge is 2.16. The summed E-state index contributed by atoms with van der Waals surface area (Å²) in [5.41, 5.74) is 2.13. The Bertz CT molecular complexity index is 537. The molecule has 0 radical (unpaired) electrons. The molecule has 0 saturated heterocycles. The summed E-state index contributed by atoms with van der Waals surface area (Å²) < 4.78 is 0. The van der Waals surface area contributed by atoms with Crippen molar-refractivity contribution in [2.24, 2.45) is 7.05 Å². The van der Waals surface area contributed by atoms with E-state index in [0.717, 1.165) is 16.1 Å². The highest BCUT2D eigenvalue weighted by Crippen LogP contribution is 2.27. The van der Waals surface area contributed by atoms with E-state index in [0.29, 0.717) is 12.2 Å². The maximum atomic E-state index is 6.34. The van der Waals surface area contributed by atoms with Crippen LogP contribution in [0.4, 0.5) is 0 Å². The smallest absolute Gasteiger partial charge is 0.176 e. The van der Waals surface area contributed by atoms with Gasteiger partial charge in [-0.3, -0.25) is 0 Å². The second-order valence-electron chi connectivity index (χ2n) is 4.22. The molecule has 5 nitrogen and oxygen atoms in total. The van der Waals surface area contributed by atoms with Crippen molar-refractivity contribution in [1.29, 1.82) is 0 Å². The van der Waals surface area contributed by atoms with Gasteiger partial charge in [0.1, 0.15) is 0 Å². The van der Waals surface area contributed by atoms with Gasteiger partial charge in [0.15, 0.2) is 5.82 Å². The van der Waals surface area contributed by atoms with Crippen molar-refractivity contribution < 1.29 is 0 Å². The van der Waals surface area contributed by atoms with Crippen LogP contribution in [-0.4, -0.2) is 27.3 Å². The summed E-state index contributed by atoms with van der Waals surface area (Å²) in [6, 6.07) is 6.11. The van der Waals surface area contributed by atoms with Crippen molar-refractivity contribution >= 4 is 11.6 Å². The Morgan fingerprint density at radius 1 is 1.44 bits per heavy atom. The fourth-order valence-electron chi connectivity index (χ4n) is 1.89. The molecule has 0 spiro atoms. The van der Waals surface area contributed by atoms with Crippen LogP contribution in [0.5, 0.6) is 0 Å². The topological polar surface area (TPSA) is 55.6 Å². The summed E-state index contributed by atoms with van der Waals surface area (Å²) in [6.07, 6.45) is 0.660.